The third-order valence-corrected chi connectivity index (χ3v) is 6.03. The molecule has 1 aromatic carbocycles. The first-order chi connectivity index (χ1) is 16.4. The molecule has 1 saturated heterocycles. The number of benzene rings is 1. The minimum atomic E-state index is -0.330. The number of esters is 1. The van der Waals surface area contributed by atoms with Gasteiger partial charge in [-0.25, -0.2) is 4.98 Å². The molecule has 2 aromatic heterocycles. The van der Waals surface area contributed by atoms with Crippen LogP contribution in [0.1, 0.15) is 35.8 Å². The first kappa shape index (κ1) is 23.4. The fraction of sp³-hybridized carbons (Fsp3) is 0.400. The largest absolute Gasteiger partial charge is 0.466 e. The molecule has 34 heavy (non-hydrogen) atoms. The number of amides is 2. The zero-order valence-corrected chi connectivity index (χ0v) is 19.6. The summed E-state index contributed by atoms with van der Waals surface area (Å²) >= 11 is 0. The van der Waals surface area contributed by atoms with Crippen molar-refractivity contribution in [3.05, 3.63) is 47.7 Å². The Morgan fingerprint density at radius 1 is 1.24 bits per heavy atom. The molecule has 1 atom stereocenters. The lowest BCUT2D eigenvalue weighted by Gasteiger charge is -2.32. The Kier molecular flexibility index (Phi) is 6.90. The fourth-order valence-electron chi connectivity index (χ4n) is 4.26. The van der Waals surface area contributed by atoms with Gasteiger partial charge in [-0.05, 0) is 32.8 Å². The number of rotatable bonds is 6. The minimum Gasteiger partial charge on any atom is -0.466 e. The van der Waals surface area contributed by atoms with E-state index in [1.807, 2.05) is 30.3 Å². The number of hydrogen-bond acceptors (Lipinski definition) is 7. The van der Waals surface area contributed by atoms with Gasteiger partial charge >= 0.3 is 5.97 Å². The Morgan fingerprint density at radius 2 is 2.00 bits per heavy atom. The fourth-order valence-corrected chi connectivity index (χ4v) is 4.26. The van der Waals surface area contributed by atoms with Crippen LogP contribution in [0.25, 0.3) is 22.4 Å². The van der Waals surface area contributed by atoms with E-state index in [1.54, 1.807) is 31.9 Å². The Morgan fingerprint density at radius 3 is 2.74 bits per heavy atom. The molecule has 0 saturated carbocycles. The standard InChI is InChI=1S/C25H28N4O5/c1-4-33-25(32)18-11-8-12-29(14-18)21(30)15-28(3)24(31)19-13-20(17-9-6-5-7-10-17)26-23-22(19)16(2)27-34-23/h5-7,9-10,13,18H,4,8,11-12,14-15H2,1-3H3. The predicted octanol–water partition coefficient (Wildman–Crippen LogP) is 3.07. The minimum absolute atomic E-state index is 0.108. The van der Waals surface area contributed by atoms with Crippen LogP contribution in [-0.4, -0.2) is 71.0 Å². The monoisotopic (exact) mass is 464 g/mol. The maximum absolute atomic E-state index is 13.5. The van der Waals surface area contributed by atoms with Crippen LogP contribution in [0.15, 0.2) is 40.9 Å². The van der Waals surface area contributed by atoms with E-state index in [9.17, 15) is 14.4 Å². The molecule has 178 valence electrons. The average Bonchev–Trinajstić information content (AvgIpc) is 3.24. The number of aromatic nitrogens is 2. The van der Waals surface area contributed by atoms with E-state index in [0.717, 1.165) is 12.0 Å². The molecule has 0 radical (unpaired) electrons. The maximum Gasteiger partial charge on any atom is 0.310 e. The molecular weight excluding hydrogens is 436 g/mol. The van der Waals surface area contributed by atoms with Crippen molar-refractivity contribution in [1.82, 2.24) is 19.9 Å². The summed E-state index contributed by atoms with van der Waals surface area (Å²) in [6.45, 7) is 4.58. The lowest BCUT2D eigenvalue weighted by Crippen LogP contribution is -2.47. The van der Waals surface area contributed by atoms with Crippen molar-refractivity contribution in [2.45, 2.75) is 26.7 Å². The quantitative estimate of drug-likeness (QED) is 0.516. The van der Waals surface area contributed by atoms with Gasteiger partial charge in [-0.2, -0.15) is 0 Å². The second kappa shape index (κ2) is 10.0. The smallest absolute Gasteiger partial charge is 0.310 e. The summed E-state index contributed by atoms with van der Waals surface area (Å²) in [4.78, 5) is 46.1. The lowest BCUT2D eigenvalue weighted by molar-refractivity contribution is -0.151. The van der Waals surface area contributed by atoms with Crippen molar-refractivity contribution in [1.29, 1.82) is 0 Å². The third kappa shape index (κ3) is 4.78. The second-order valence-corrected chi connectivity index (χ2v) is 8.46. The van der Waals surface area contributed by atoms with Gasteiger partial charge in [0.2, 0.25) is 5.91 Å². The topological polar surface area (TPSA) is 106 Å². The normalized spacial score (nSPS) is 15.9. The number of aryl methyl sites for hydroxylation is 1. The van der Waals surface area contributed by atoms with E-state index in [4.69, 9.17) is 9.26 Å². The van der Waals surface area contributed by atoms with Gasteiger partial charge < -0.3 is 19.1 Å². The first-order valence-corrected chi connectivity index (χ1v) is 11.4. The summed E-state index contributed by atoms with van der Waals surface area (Å²) in [5.74, 6) is -1.14. The molecule has 0 bridgehead atoms. The summed E-state index contributed by atoms with van der Waals surface area (Å²) in [5.41, 5.74) is 2.62. The van der Waals surface area contributed by atoms with Crippen molar-refractivity contribution in [3.63, 3.8) is 0 Å². The number of carbonyl (C=O) groups is 3. The summed E-state index contributed by atoms with van der Waals surface area (Å²) in [6.07, 6.45) is 1.42. The Bertz CT molecular complexity index is 1210. The van der Waals surface area contributed by atoms with Gasteiger partial charge in [0.25, 0.3) is 11.6 Å². The van der Waals surface area contributed by atoms with Crippen LogP contribution in [0.4, 0.5) is 0 Å². The molecule has 2 amide bonds. The van der Waals surface area contributed by atoms with Crippen molar-refractivity contribution < 1.29 is 23.6 Å². The number of hydrogen-bond donors (Lipinski definition) is 0. The Labute approximate surface area is 197 Å². The second-order valence-electron chi connectivity index (χ2n) is 8.46. The number of likely N-dealkylation sites (tertiary alicyclic amines) is 1. The average molecular weight is 465 g/mol. The number of ether oxygens (including phenoxy) is 1. The SMILES string of the molecule is CCOC(=O)C1CCCN(C(=O)CN(C)C(=O)c2cc(-c3ccccc3)nc3onc(C)c23)C1. The molecular formula is C25H28N4O5. The van der Waals surface area contributed by atoms with Crippen LogP contribution in [0, 0.1) is 12.8 Å². The van der Waals surface area contributed by atoms with Gasteiger partial charge in [-0.1, -0.05) is 35.5 Å². The van der Waals surface area contributed by atoms with E-state index >= 15 is 0 Å². The van der Waals surface area contributed by atoms with Gasteiger partial charge in [0.05, 0.1) is 41.4 Å². The van der Waals surface area contributed by atoms with E-state index in [1.165, 1.54) is 4.90 Å². The molecule has 0 N–H and O–H groups in total. The highest BCUT2D eigenvalue weighted by Gasteiger charge is 2.31. The van der Waals surface area contributed by atoms with Crippen molar-refractivity contribution >= 4 is 28.9 Å². The molecule has 1 aliphatic rings. The summed E-state index contributed by atoms with van der Waals surface area (Å²) < 4.78 is 10.5. The summed E-state index contributed by atoms with van der Waals surface area (Å²) in [5, 5.41) is 4.51. The van der Waals surface area contributed by atoms with Gasteiger partial charge in [0.1, 0.15) is 0 Å². The van der Waals surface area contributed by atoms with Crippen molar-refractivity contribution in [3.8, 4) is 11.3 Å². The zero-order valence-electron chi connectivity index (χ0n) is 19.6. The van der Waals surface area contributed by atoms with Gasteiger partial charge in [0.15, 0.2) is 0 Å². The molecule has 9 nitrogen and oxygen atoms in total. The van der Waals surface area contributed by atoms with Crippen molar-refractivity contribution in [2.24, 2.45) is 5.92 Å². The highest BCUT2D eigenvalue weighted by Crippen LogP contribution is 2.28. The number of pyridine rings is 1. The number of piperidine rings is 1. The molecule has 1 aliphatic heterocycles. The number of nitrogens with zero attached hydrogens (tertiary/aromatic N) is 4. The lowest BCUT2D eigenvalue weighted by atomic mass is 9.98. The molecule has 3 heterocycles. The summed E-state index contributed by atoms with van der Waals surface area (Å²) in [7, 11) is 1.59. The number of carbonyl (C=O) groups excluding carboxylic acids is 3. The molecule has 9 heteroatoms. The van der Waals surface area contributed by atoms with E-state index < -0.39 is 0 Å². The van der Waals surface area contributed by atoms with Crippen LogP contribution in [0.2, 0.25) is 0 Å². The van der Waals surface area contributed by atoms with E-state index in [-0.39, 0.29) is 36.0 Å². The molecule has 1 fully saturated rings. The van der Waals surface area contributed by atoms with Crippen LogP contribution < -0.4 is 0 Å². The Hall–Kier alpha value is -3.75. The van der Waals surface area contributed by atoms with Crippen LogP contribution in [-0.2, 0) is 14.3 Å². The van der Waals surface area contributed by atoms with Crippen molar-refractivity contribution in [2.75, 3.05) is 33.3 Å². The molecule has 3 aromatic rings. The first-order valence-electron chi connectivity index (χ1n) is 11.4. The zero-order chi connectivity index (χ0) is 24.2. The van der Waals surface area contributed by atoms with Gasteiger partial charge in [-0.15, -0.1) is 0 Å². The molecule has 4 rings (SSSR count). The molecule has 0 aliphatic carbocycles. The maximum atomic E-state index is 13.5. The highest BCUT2D eigenvalue weighted by molar-refractivity contribution is 6.07. The van der Waals surface area contributed by atoms with E-state index in [0.29, 0.717) is 48.5 Å². The van der Waals surface area contributed by atoms with Crippen LogP contribution in [0.3, 0.4) is 0 Å². The Balaban J connectivity index is 1.54. The van der Waals surface area contributed by atoms with Crippen LogP contribution in [0.5, 0.6) is 0 Å². The summed E-state index contributed by atoms with van der Waals surface area (Å²) in [6, 6.07) is 11.2. The van der Waals surface area contributed by atoms with Crippen LogP contribution >= 0.6 is 0 Å². The molecule has 0 spiro atoms. The van der Waals surface area contributed by atoms with E-state index in [2.05, 4.69) is 10.1 Å². The number of likely N-dealkylation sites (N-methyl/N-ethyl adjacent to an activating group) is 1. The number of fused-ring (bicyclic) bond motifs is 1. The van der Waals surface area contributed by atoms with Gasteiger partial charge in [0, 0.05) is 25.7 Å². The molecule has 1 unspecified atom stereocenters. The third-order valence-electron chi connectivity index (χ3n) is 6.03. The highest BCUT2D eigenvalue weighted by atomic mass is 16.5. The predicted molar refractivity (Wildman–Crippen MR) is 125 cm³/mol. The van der Waals surface area contributed by atoms with Gasteiger partial charge in [-0.3, -0.25) is 14.4 Å².